The summed E-state index contributed by atoms with van der Waals surface area (Å²) in [5, 5.41) is 0. The fraction of sp³-hybridized carbons (Fsp3) is 0.118. The molecule has 0 spiro atoms. The van der Waals surface area contributed by atoms with Gasteiger partial charge in [-0.3, -0.25) is 4.79 Å². The molecule has 0 amide bonds. The van der Waals surface area contributed by atoms with Gasteiger partial charge in [-0.2, -0.15) is 0 Å². The van der Waals surface area contributed by atoms with E-state index in [9.17, 15) is 9.18 Å². The van der Waals surface area contributed by atoms with E-state index in [0.29, 0.717) is 11.3 Å². The maximum absolute atomic E-state index is 13.0. The molecule has 2 aromatic carbocycles. The van der Waals surface area contributed by atoms with Crippen molar-refractivity contribution in [1.82, 2.24) is 0 Å². The second-order valence-electron chi connectivity index (χ2n) is 4.08. The van der Waals surface area contributed by atoms with E-state index in [4.69, 9.17) is 9.47 Å². The van der Waals surface area contributed by atoms with Crippen LogP contribution < -0.4 is 9.47 Å². The van der Waals surface area contributed by atoms with Gasteiger partial charge < -0.3 is 9.47 Å². The van der Waals surface area contributed by atoms with Crippen molar-refractivity contribution in [2.75, 3.05) is 13.7 Å². The Morgan fingerprint density at radius 1 is 1.14 bits per heavy atom. The number of hydrogen-bond donors (Lipinski definition) is 0. The number of methoxy groups -OCH3 is 1. The monoisotopic (exact) mass is 284 g/mol. The highest BCUT2D eigenvalue weighted by Crippen LogP contribution is 2.27. The summed E-state index contributed by atoms with van der Waals surface area (Å²) in [6.07, 6.45) is 0. The Bertz CT molecular complexity index is 684. The Morgan fingerprint density at radius 3 is 2.62 bits per heavy atom. The quantitative estimate of drug-likeness (QED) is 0.491. The molecule has 0 aliphatic rings. The maximum Gasteiger partial charge on any atom is 0.236 e. The molecule has 0 fully saturated rings. The Balaban J connectivity index is 1.96. The van der Waals surface area contributed by atoms with E-state index in [1.807, 2.05) is 6.07 Å². The predicted octanol–water partition coefficient (Wildman–Crippen LogP) is 3.10. The topological polar surface area (TPSA) is 35.5 Å². The van der Waals surface area contributed by atoms with Crippen molar-refractivity contribution in [2.24, 2.45) is 0 Å². The van der Waals surface area contributed by atoms with Crippen molar-refractivity contribution in [3.05, 3.63) is 59.9 Å². The number of carbonyl (C=O) groups excluding carboxylic acids is 1. The van der Waals surface area contributed by atoms with Crippen molar-refractivity contribution in [1.29, 1.82) is 0 Å². The molecule has 4 heteroatoms. The van der Waals surface area contributed by atoms with Crippen molar-refractivity contribution >= 4 is 5.78 Å². The summed E-state index contributed by atoms with van der Waals surface area (Å²) in [5.41, 5.74) is 0.532. The first kappa shape index (κ1) is 14.6. The number of Topliss-reactive ketones (excluding diaryl/α,β-unsaturated/α-hetero) is 1. The van der Waals surface area contributed by atoms with Gasteiger partial charge in [0.15, 0.2) is 11.5 Å². The average molecular weight is 284 g/mol. The molecular formula is C17H13FO3. The minimum Gasteiger partial charge on any atom is -0.493 e. The van der Waals surface area contributed by atoms with Gasteiger partial charge in [-0.25, -0.2) is 4.39 Å². The molecule has 0 atom stereocenters. The number of halogens is 1. The van der Waals surface area contributed by atoms with Crippen LogP contribution in [0.3, 0.4) is 0 Å². The van der Waals surface area contributed by atoms with Crippen LogP contribution in [0, 0.1) is 17.7 Å². The van der Waals surface area contributed by atoms with E-state index < -0.39 is 5.82 Å². The van der Waals surface area contributed by atoms with Gasteiger partial charge in [-0.15, -0.1) is 0 Å². The SMILES string of the molecule is COc1cc(F)ccc1OCC#CC(=O)c1ccccc1. The maximum atomic E-state index is 13.0. The normalized spacial score (nSPS) is 9.43. The number of ketones is 1. The van der Waals surface area contributed by atoms with Crippen molar-refractivity contribution in [2.45, 2.75) is 0 Å². The Kier molecular flexibility index (Phi) is 4.94. The van der Waals surface area contributed by atoms with Crippen molar-refractivity contribution in [3.8, 4) is 23.3 Å². The molecule has 0 saturated carbocycles. The molecule has 2 rings (SSSR count). The number of ether oxygens (including phenoxy) is 2. The summed E-state index contributed by atoms with van der Waals surface area (Å²) < 4.78 is 23.4. The first-order chi connectivity index (χ1) is 10.2. The van der Waals surface area contributed by atoms with Crippen molar-refractivity contribution < 1.29 is 18.7 Å². The highest BCUT2D eigenvalue weighted by molar-refractivity contribution is 6.08. The molecule has 0 N–H and O–H groups in total. The first-order valence-corrected chi connectivity index (χ1v) is 6.25. The zero-order chi connectivity index (χ0) is 15.1. The second-order valence-corrected chi connectivity index (χ2v) is 4.08. The lowest BCUT2D eigenvalue weighted by atomic mass is 10.1. The van der Waals surface area contributed by atoms with Crippen LogP contribution in [0.15, 0.2) is 48.5 Å². The fourth-order valence-electron chi connectivity index (χ4n) is 1.65. The fourth-order valence-corrected chi connectivity index (χ4v) is 1.65. The van der Waals surface area contributed by atoms with Gasteiger partial charge in [-0.05, 0) is 18.1 Å². The first-order valence-electron chi connectivity index (χ1n) is 6.25. The zero-order valence-electron chi connectivity index (χ0n) is 11.4. The lowest BCUT2D eigenvalue weighted by Gasteiger charge is -2.07. The van der Waals surface area contributed by atoms with Gasteiger partial charge in [0.05, 0.1) is 7.11 Å². The van der Waals surface area contributed by atoms with Crippen LogP contribution >= 0.6 is 0 Å². The van der Waals surface area contributed by atoms with E-state index in [1.165, 1.54) is 25.3 Å². The van der Waals surface area contributed by atoms with E-state index >= 15 is 0 Å². The van der Waals surface area contributed by atoms with Gasteiger partial charge >= 0.3 is 0 Å². The van der Waals surface area contributed by atoms with Crippen molar-refractivity contribution in [3.63, 3.8) is 0 Å². The summed E-state index contributed by atoms with van der Waals surface area (Å²) in [5.74, 6) is 5.09. The molecule has 0 aliphatic heterocycles. The highest BCUT2D eigenvalue weighted by Gasteiger charge is 2.05. The highest BCUT2D eigenvalue weighted by atomic mass is 19.1. The number of rotatable bonds is 4. The van der Waals surface area contributed by atoms with Gasteiger partial charge in [0.2, 0.25) is 5.78 Å². The largest absolute Gasteiger partial charge is 0.493 e. The van der Waals surface area contributed by atoms with Crippen LogP contribution in [-0.2, 0) is 0 Å². The van der Waals surface area contributed by atoms with E-state index in [-0.39, 0.29) is 18.1 Å². The van der Waals surface area contributed by atoms with E-state index in [2.05, 4.69) is 11.8 Å². The van der Waals surface area contributed by atoms with Crippen LogP contribution in [0.2, 0.25) is 0 Å². The van der Waals surface area contributed by atoms with E-state index in [0.717, 1.165) is 0 Å². The van der Waals surface area contributed by atoms with Gasteiger partial charge in [0.25, 0.3) is 0 Å². The average Bonchev–Trinajstić information content (AvgIpc) is 2.53. The Hall–Kier alpha value is -2.80. The minimum absolute atomic E-state index is 0.0145. The van der Waals surface area contributed by atoms with Crippen LogP contribution in [0.4, 0.5) is 4.39 Å². The van der Waals surface area contributed by atoms with Crippen LogP contribution in [-0.4, -0.2) is 19.5 Å². The zero-order valence-corrected chi connectivity index (χ0v) is 11.4. The Labute approximate surface area is 122 Å². The van der Waals surface area contributed by atoms with Crippen LogP contribution in [0.1, 0.15) is 10.4 Å². The van der Waals surface area contributed by atoms with Gasteiger partial charge in [0, 0.05) is 11.6 Å². The summed E-state index contributed by atoms with van der Waals surface area (Å²) in [7, 11) is 1.42. The minimum atomic E-state index is -0.412. The standard InChI is InChI=1S/C17H13FO3/c1-20-17-12-14(18)9-10-16(17)21-11-5-8-15(19)13-6-3-2-4-7-13/h2-4,6-7,9-10,12H,11H2,1H3. The van der Waals surface area contributed by atoms with Crippen LogP contribution in [0.25, 0.3) is 0 Å². The molecule has 0 radical (unpaired) electrons. The summed E-state index contributed by atoms with van der Waals surface area (Å²) >= 11 is 0. The molecule has 0 heterocycles. The number of hydrogen-bond acceptors (Lipinski definition) is 3. The molecule has 0 bridgehead atoms. The molecule has 106 valence electrons. The smallest absolute Gasteiger partial charge is 0.236 e. The third-order valence-corrected chi connectivity index (χ3v) is 2.66. The number of benzene rings is 2. The summed E-state index contributed by atoms with van der Waals surface area (Å²) in [4.78, 5) is 11.7. The molecule has 0 unspecified atom stereocenters. The van der Waals surface area contributed by atoms with Gasteiger partial charge in [0.1, 0.15) is 12.4 Å². The molecule has 0 aliphatic carbocycles. The molecule has 0 aromatic heterocycles. The second kappa shape index (κ2) is 7.11. The number of carbonyl (C=O) groups is 1. The third-order valence-electron chi connectivity index (χ3n) is 2.66. The molecule has 21 heavy (non-hydrogen) atoms. The van der Waals surface area contributed by atoms with Gasteiger partial charge in [-0.1, -0.05) is 36.3 Å². The van der Waals surface area contributed by atoms with Crippen LogP contribution in [0.5, 0.6) is 11.5 Å². The molecular weight excluding hydrogens is 271 g/mol. The lowest BCUT2D eigenvalue weighted by Crippen LogP contribution is -1.99. The predicted molar refractivity (Wildman–Crippen MR) is 77.0 cm³/mol. The summed E-state index contributed by atoms with van der Waals surface area (Å²) in [6, 6.07) is 12.7. The summed E-state index contributed by atoms with van der Waals surface area (Å²) in [6.45, 7) is 0.0145. The third kappa shape index (κ3) is 4.08. The Morgan fingerprint density at radius 2 is 1.90 bits per heavy atom. The van der Waals surface area contributed by atoms with E-state index in [1.54, 1.807) is 24.3 Å². The molecule has 3 nitrogen and oxygen atoms in total. The molecule has 2 aromatic rings. The lowest BCUT2D eigenvalue weighted by molar-refractivity contribution is 0.105. The molecule has 0 saturated heterocycles.